The van der Waals surface area contributed by atoms with Crippen molar-refractivity contribution in [1.82, 2.24) is 0 Å². The third-order valence-corrected chi connectivity index (χ3v) is 7.31. The molecular formula is C20H30O. The van der Waals surface area contributed by atoms with Crippen molar-refractivity contribution in [2.75, 3.05) is 7.11 Å². The van der Waals surface area contributed by atoms with Gasteiger partial charge in [0.1, 0.15) is 0 Å². The molecular weight excluding hydrogens is 256 g/mol. The Hall–Kier alpha value is -0.720. The quantitative estimate of drug-likeness (QED) is 0.580. The van der Waals surface area contributed by atoms with Crippen molar-refractivity contribution < 1.29 is 4.74 Å². The van der Waals surface area contributed by atoms with Gasteiger partial charge in [-0.25, -0.2) is 0 Å². The molecule has 4 rings (SSSR count). The summed E-state index contributed by atoms with van der Waals surface area (Å²) in [5, 5.41) is 0. The van der Waals surface area contributed by atoms with Crippen molar-refractivity contribution in [3.8, 4) is 0 Å². The average molecular weight is 286 g/mol. The molecule has 21 heavy (non-hydrogen) atoms. The van der Waals surface area contributed by atoms with Crippen LogP contribution in [-0.2, 0) is 4.74 Å². The monoisotopic (exact) mass is 286 g/mol. The Kier molecular flexibility index (Phi) is 3.24. The summed E-state index contributed by atoms with van der Waals surface area (Å²) in [6.45, 7) is 5.09. The van der Waals surface area contributed by atoms with Crippen LogP contribution in [0.5, 0.6) is 0 Å². The van der Waals surface area contributed by atoms with Gasteiger partial charge in [0.05, 0.1) is 12.9 Å². The van der Waals surface area contributed by atoms with E-state index >= 15 is 0 Å². The lowest BCUT2D eigenvalue weighted by Gasteiger charge is -2.50. The molecule has 4 aliphatic rings. The fourth-order valence-electron chi connectivity index (χ4n) is 6.47. The van der Waals surface area contributed by atoms with Crippen molar-refractivity contribution in [2.45, 2.75) is 65.2 Å². The lowest BCUT2D eigenvalue weighted by atomic mass is 9.55. The molecule has 0 radical (unpaired) electrons. The van der Waals surface area contributed by atoms with Crippen LogP contribution in [0.25, 0.3) is 0 Å². The summed E-state index contributed by atoms with van der Waals surface area (Å²) < 4.78 is 5.50. The number of rotatable bonds is 1. The zero-order valence-electron chi connectivity index (χ0n) is 14.0. The number of hydrogen-bond donors (Lipinski definition) is 0. The minimum atomic E-state index is 0.668. The molecule has 1 nitrogen and oxygen atoms in total. The van der Waals surface area contributed by atoms with E-state index in [9.17, 15) is 0 Å². The van der Waals surface area contributed by atoms with Gasteiger partial charge in [0.25, 0.3) is 0 Å². The first-order valence-electron chi connectivity index (χ1n) is 9.04. The van der Waals surface area contributed by atoms with Gasteiger partial charge < -0.3 is 4.74 Å². The summed E-state index contributed by atoms with van der Waals surface area (Å²) in [6, 6.07) is 0. The van der Waals surface area contributed by atoms with Crippen molar-refractivity contribution in [3.05, 3.63) is 23.0 Å². The predicted octanol–water partition coefficient (Wildman–Crippen LogP) is 5.48. The molecule has 0 aromatic carbocycles. The molecule has 0 heterocycles. The van der Waals surface area contributed by atoms with E-state index in [0.29, 0.717) is 5.41 Å². The van der Waals surface area contributed by atoms with Gasteiger partial charge >= 0.3 is 0 Å². The molecule has 0 spiro atoms. The van der Waals surface area contributed by atoms with Crippen molar-refractivity contribution in [3.63, 3.8) is 0 Å². The van der Waals surface area contributed by atoms with Crippen LogP contribution < -0.4 is 0 Å². The van der Waals surface area contributed by atoms with E-state index in [1.807, 2.05) is 12.7 Å². The van der Waals surface area contributed by atoms with Crippen LogP contribution in [0.15, 0.2) is 23.0 Å². The van der Waals surface area contributed by atoms with Crippen LogP contribution in [0.1, 0.15) is 65.2 Å². The summed E-state index contributed by atoms with van der Waals surface area (Å²) in [4.78, 5) is 0. The Labute approximate surface area is 129 Å². The van der Waals surface area contributed by atoms with E-state index < -0.39 is 0 Å². The first-order chi connectivity index (χ1) is 10.1. The van der Waals surface area contributed by atoms with Gasteiger partial charge in [0.15, 0.2) is 0 Å². The summed E-state index contributed by atoms with van der Waals surface area (Å²) in [6.07, 6.45) is 13.4. The Morgan fingerprint density at radius 1 is 1.29 bits per heavy atom. The van der Waals surface area contributed by atoms with E-state index in [2.05, 4.69) is 19.9 Å². The summed E-state index contributed by atoms with van der Waals surface area (Å²) in [5.74, 6) is 5.08. The van der Waals surface area contributed by atoms with E-state index in [0.717, 1.165) is 30.1 Å². The molecule has 2 saturated carbocycles. The van der Waals surface area contributed by atoms with Crippen LogP contribution in [-0.4, -0.2) is 7.11 Å². The Balaban J connectivity index is 1.60. The van der Waals surface area contributed by atoms with Gasteiger partial charge in [-0.3, -0.25) is 0 Å². The van der Waals surface area contributed by atoms with Gasteiger partial charge in [0, 0.05) is 6.42 Å². The summed E-state index contributed by atoms with van der Waals surface area (Å²) in [7, 11) is 1.83. The zero-order valence-corrected chi connectivity index (χ0v) is 14.0. The van der Waals surface area contributed by atoms with Crippen LogP contribution in [0.3, 0.4) is 0 Å². The third-order valence-electron chi connectivity index (χ3n) is 7.31. The maximum Gasteiger partial charge on any atom is 0.0959 e. The number of methoxy groups -OCH3 is 1. The molecule has 0 amide bonds. The Morgan fingerprint density at radius 2 is 2.14 bits per heavy atom. The molecule has 0 aromatic heterocycles. The number of hydrogen-bond acceptors (Lipinski definition) is 1. The molecule has 1 heteroatoms. The van der Waals surface area contributed by atoms with Gasteiger partial charge in [-0.1, -0.05) is 25.0 Å². The standard InChI is InChI=1S/C20H30O/c1-13-10-19-18-6-4-14-11-15(21-3)5-7-16(14)17(18)8-9-20(19,2)12-13/h5,13,17-19H,4,6-12H2,1-3H3/t13-,17?,18?,19?,20?/m1/s1. The van der Waals surface area contributed by atoms with E-state index in [1.165, 1.54) is 50.7 Å². The second-order valence-corrected chi connectivity index (χ2v) is 8.54. The lowest BCUT2D eigenvalue weighted by Crippen LogP contribution is -2.41. The first-order valence-corrected chi connectivity index (χ1v) is 9.04. The zero-order chi connectivity index (χ0) is 14.6. The molecule has 5 atom stereocenters. The molecule has 0 N–H and O–H groups in total. The normalized spacial score (nSPS) is 45.6. The van der Waals surface area contributed by atoms with Crippen molar-refractivity contribution >= 4 is 0 Å². The smallest absolute Gasteiger partial charge is 0.0959 e. The van der Waals surface area contributed by atoms with Crippen molar-refractivity contribution in [1.29, 1.82) is 0 Å². The molecule has 0 bridgehead atoms. The number of ether oxygens (including phenoxy) is 1. The Bertz CT molecular complexity index is 500. The van der Waals surface area contributed by atoms with Crippen molar-refractivity contribution in [2.24, 2.45) is 29.1 Å². The highest BCUT2D eigenvalue weighted by Gasteiger charge is 2.52. The van der Waals surface area contributed by atoms with Gasteiger partial charge in [0.2, 0.25) is 0 Å². The minimum absolute atomic E-state index is 0.668. The molecule has 4 unspecified atom stereocenters. The molecule has 4 aliphatic carbocycles. The van der Waals surface area contributed by atoms with E-state index in [-0.39, 0.29) is 0 Å². The second kappa shape index (κ2) is 4.89. The van der Waals surface area contributed by atoms with Crippen LogP contribution >= 0.6 is 0 Å². The van der Waals surface area contributed by atoms with Crippen LogP contribution in [0, 0.1) is 29.1 Å². The van der Waals surface area contributed by atoms with E-state index in [1.54, 1.807) is 5.57 Å². The fourth-order valence-corrected chi connectivity index (χ4v) is 6.47. The molecule has 0 aliphatic heterocycles. The highest BCUT2D eigenvalue weighted by molar-refractivity contribution is 5.32. The fraction of sp³-hybridized carbons (Fsp3) is 0.800. The topological polar surface area (TPSA) is 9.23 Å². The first kappa shape index (κ1) is 13.9. The second-order valence-electron chi connectivity index (χ2n) is 8.54. The molecule has 116 valence electrons. The van der Waals surface area contributed by atoms with Crippen LogP contribution in [0.4, 0.5) is 0 Å². The highest BCUT2D eigenvalue weighted by atomic mass is 16.5. The maximum absolute atomic E-state index is 5.50. The van der Waals surface area contributed by atoms with E-state index in [4.69, 9.17) is 4.74 Å². The Morgan fingerprint density at radius 3 is 2.95 bits per heavy atom. The van der Waals surface area contributed by atoms with Crippen LogP contribution in [0.2, 0.25) is 0 Å². The van der Waals surface area contributed by atoms with Gasteiger partial charge in [-0.2, -0.15) is 0 Å². The predicted molar refractivity (Wildman–Crippen MR) is 86.8 cm³/mol. The SMILES string of the molecule is COC1=CCC2=C(CCC3C2CCC2(C)C[C@H](C)CC32)C1. The maximum atomic E-state index is 5.50. The molecule has 0 aromatic rings. The molecule has 0 saturated heterocycles. The summed E-state index contributed by atoms with van der Waals surface area (Å²) >= 11 is 0. The number of fused-ring (bicyclic) bond motifs is 4. The lowest BCUT2D eigenvalue weighted by molar-refractivity contribution is 0.0422. The largest absolute Gasteiger partial charge is 0.501 e. The van der Waals surface area contributed by atoms with Gasteiger partial charge in [-0.15, -0.1) is 0 Å². The minimum Gasteiger partial charge on any atom is -0.501 e. The summed E-state index contributed by atoms with van der Waals surface area (Å²) in [5.41, 5.74) is 4.24. The molecule has 2 fully saturated rings. The highest BCUT2D eigenvalue weighted by Crippen LogP contribution is 2.62. The van der Waals surface area contributed by atoms with Gasteiger partial charge in [-0.05, 0) is 80.1 Å². The number of allylic oxidation sites excluding steroid dienone is 3. The average Bonchev–Trinajstić information content (AvgIpc) is 2.80. The third kappa shape index (κ3) is 2.11.